The van der Waals surface area contributed by atoms with Crippen LogP contribution in [0.3, 0.4) is 0 Å². The number of carbonyl (C=O) groups excluding carboxylic acids is 3. The molecule has 4 aliphatic rings. The Morgan fingerprint density at radius 1 is 1.19 bits per heavy atom. The fourth-order valence-corrected chi connectivity index (χ4v) is 8.61. The topological polar surface area (TPSA) is 101 Å². The Morgan fingerprint density at radius 3 is 2.50 bits per heavy atom. The third kappa shape index (κ3) is 2.73. The van der Waals surface area contributed by atoms with Crippen molar-refractivity contribution >= 4 is 17.5 Å². The predicted octanol–water partition coefficient (Wildman–Crippen LogP) is 3.16. The van der Waals surface area contributed by atoms with Crippen LogP contribution in [-0.4, -0.2) is 51.7 Å². The number of ketones is 2. The first-order valence-electron chi connectivity index (χ1n) is 12.2. The van der Waals surface area contributed by atoms with Crippen molar-refractivity contribution in [1.82, 2.24) is 0 Å². The van der Waals surface area contributed by atoms with E-state index in [1.54, 1.807) is 6.92 Å². The van der Waals surface area contributed by atoms with E-state index in [4.69, 9.17) is 4.74 Å². The fraction of sp³-hybridized carbons (Fsp3) is 0.880. The van der Waals surface area contributed by atoms with Crippen LogP contribution in [-0.2, 0) is 19.1 Å². The summed E-state index contributed by atoms with van der Waals surface area (Å²) in [6, 6.07) is 0. The predicted molar refractivity (Wildman–Crippen MR) is 114 cm³/mol. The molecule has 0 aromatic rings. The van der Waals surface area contributed by atoms with Crippen LogP contribution in [0.5, 0.6) is 0 Å². The first-order valence-corrected chi connectivity index (χ1v) is 12.2. The molecule has 32 heavy (non-hydrogen) atoms. The van der Waals surface area contributed by atoms with E-state index in [0.29, 0.717) is 38.5 Å². The zero-order valence-electron chi connectivity index (χ0n) is 19.7. The van der Waals surface area contributed by atoms with Crippen LogP contribution in [0.4, 0.5) is 4.39 Å². The third-order valence-electron chi connectivity index (χ3n) is 10.2. The van der Waals surface area contributed by atoms with Crippen molar-refractivity contribution < 1.29 is 33.7 Å². The number of hydrogen-bond acceptors (Lipinski definition) is 6. The average molecular weight is 453 g/mol. The zero-order chi connectivity index (χ0) is 23.7. The molecule has 9 atom stereocenters. The maximum absolute atomic E-state index is 17.3. The molecule has 0 aromatic carbocycles. The molecule has 4 fully saturated rings. The number of aliphatic hydroxyl groups excluding tert-OH is 2. The third-order valence-corrected chi connectivity index (χ3v) is 10.2. The summed E-state index contributed by atoms with van der Waals surface area (Å²) >= 11 is 0. The van der Waals surface area contributed by atoms with E-state index in [0.717, 1.165) is 0 Å². The highest BCUT2D eigenvalue weighted by molar-refractivity contribution is 5.92. The van der Waals surface area contributed by atoms with E-state index >= 15 is 4.39 Å². The molecule has 0 spiro atoms. The van der Waals surface area contributed by atoms with Gasteiger partial charge in [0.1, 0.15) is 18.1 Å². The monoisotopic (exact) mass is 452 g/mol. The van der Waals surface area contributed by atoms with Gasteiger partial charge < -0.3 is 14.9 Å². The molecule has 4 aliphatic carbocycles. The number of hydrogen-bond donors (Lipinski definition) is 2. The summed E-state index contributed by atoms with van der Waals surface area (Å²) in [7, 11) is 0. The lowest BCUT2D eigenvalue weighted by atomic mass is 9.42. The van der Waals surface area contributed by atoms with Crippen LogP contribution in [0.25, 0.3) is 0 Å². The maximum Gasteiger partial charge on any atom is 0.306 e. The number of ether oxygens (including phenoxy) is 1. The van der Waals surface area contributed by atoms with E-state index in [-0.39, 0.29) is 30.5 Å². The Labute approximate surface area is 189 Å². The normalized spacial score (nSPS) is 50.2. The van der Waals surface area contributed by atoms with Gasteiger partial charge in [-0.05, 0) is 49.9 Å². The molecule has 0 bridgehead atoms. The summed E-state index contributed by atoms with van der Waals surface area (Å²) in [4.78, 5) is 37.7. The number of halogens is 1. The van der Waals surface area contributed by atoms with Gasteiger partial charge in [0.2, 0.25) is 5.78 Å². The van der Waals surface area contributed by atoms with E-state index in [1.165, 1.54) is 0 Å². The van der Waals surface area contributed by atoms with Gasteiger partial charge >= 0.3 is 5.97 Å². The SMILES string of the molecule is CCC(=O)O[C@@]1(C(=O)CO)[C@@H](C)C[C@H]2[C@@H]3CC[C@@H]4CC(=O)CC[C@]4(C)[C@@]3(F)[C@@H](O)C[C@@]21C. The molecule has 0 saturated heterocycles. The van der Waals surface area contributed by atoms with Crippen molar-refractivity contribution in [2.45, 2.75) is 96.4 Å². The second-order valence-electron chi connectivity index (χ2n) is 11.3. The standard InChI is InChI=1S/C25H37FO6/c1-5-21(31)32-25(20(30)13-27)14(2)10-18-17-7-6-15-11-16(28)8-9-22(15,3)24(17,26)19(29)12-23(18,25)4/h14-15,17-19,27,29H,5-13H2,1-4H3/t14-,15+,17-,18-,19-,22-,23-,24-,25+/m0/s1. The highest BCUT2D eigenvalue weighted by Crippen LogP contribution is 2.72. The molecule has 0 amide bonds. The van der Waals surface area contributed by atoms with Crippen LogP contribution in [0.1, 0.15) is 79.1 Å². The number of alkyl halides is 1. The minimum atomic E-state index is -1.87. The number of aliphatic hydroxyl groups is 2. The largest absolute Gasteiger partial charge is 0.450 e. The average Bonchev–Trinajstić information content (AvgIpc) is 2.96. The van der Waals surface area contributed by atoms with Gasteiger partial charge in [-0.15, -0.1) is 0 Å². The lowest BCUT2D eigenvalue weighted by molar-refractivity contribution is -0.257. The quantitative estimate of drug-likeness (QED) is 0.636. The fourth-order valence-electron chi connectivity index (χ4n) is 8.61. The number of esters is 1. The molecule has 0 aromatic heterocycles. The van der Waals surface area contributed by atoms with Gasteiger partial charge in [0.15, 0.2) is 5.60 Å². The Morgan fingerprint density at radius 2 is 1.88 bits per heavy atom. The molecule has 180 valence electrons. The van der Waals surface area contributed by atoms with Crippen LogP contribution in [0.15, 0.2) is 0 Å². The molecular weight excluding hydrogens is 415 g/mol. The molecule has 0 unspecified atom stereocenters. The van der Waals surface area contributed by atoms with Crippen molar-refractivity contribution in [2.24, 2.45) is 34.5 Å². The summed E-state index contributed by atoms with van der Waals surface area (Å²) in [5, 5.41) is 21.3. The Hall–Kier alpha value is -1.34. The summed E-state index contributed by atoms with van der Waals surface area (Å²) < 4.78 is 23.1. The van der Waals surface area contributed by atoms with Gasteiger partial charge in [-0.1, -0.05) is 27.7 Å². The molecule has 4 saturated carbocycles. The molecule has 6 nitrogen and oxygen atoms in total. The van der Waals surface area contributed by atoms with Crippen LogP contribution in [0, 0.1) is 34.5 Å². The Bertz CT molecular complexity index is 829. The Balaban J connectivity index is 1.81. The molecule has 0 radical (unpaired) electrons. The van der Waals surface area contributed by atoms with E-state index in [1.807, 2.05) is 20.8 Å². The van der Waals surface area contributed by atoms with Crippen molar-refractivity contribution in [1.29, 1.82) is 0 Å². The highest BCUT2D eigenvalue weighted by atomic mass is 19.1. The lowest BCUT2D eigenvalue weighted by Crippen LogP contribution is -2.71. The minimum Gasteiger partial charge on any atom is -0.450 e. The van der Waals surface area contributed by atoms with Crippen LogP contribution >= 0.6 is 0 Å². The molecule has 2 N–H and O–H groups in total. The number of carbonyl (C=O) groups is 3. The van der Waals surface area contributed by atoms with Gasteiger partial charge in [0, 0.05) is 36.0 Å². The van der Waals surface area contributed by atoms with Crippen molar-refractivity contribution in [3.05, 3.63) is 0 Å². The van der Waals surface area contributed by atoms with Gasteiger partial charge in [-0.3, -0.25) is 14.4 Å². The van der Waals surface area contributed by atoms with E-state index in [2.05, 4.69) is 0 Å². The van der Waals surface area contributed by atoms with Gasteiger partial charge in [0.25, 0.3) is 0 Å². The zero-order valence-corrected chi connectivity index (χ0v) is 19.7. The summed E-state index contributed by atoms with van der Waals surface area (Å²) in [5.74, 6) is -2.21. The van der Waals surface area contributed by atoms with Gasteiger partial charge in [-0.2, -0.15) is 0 Å². The van der Waals surface area contributed by atoms with Crippen LogP contribution in [0.2, 0.25) is 0 Å². The second-order valence-corrected chi connectivity index (χ2v) is 11.3. The summed E-state index contributed by atoms with van der Waals surface area (Å²) in [6.07, 6.45) is 1.56. The first kappa shape index (κ1) is 23.8. The van der Waals surface area contributed by atoms with Crippen molar-refractivity contribution in [2.75, 3.05) is 6.61 Å². The lowest BCUT2D eigenvalue weighted by Gasteiger charge is -2.65. The minimum absolute atomic E-state index is 0.0198. The molecule has 0 heterocycles. The number of rotatable bonds is 4. The van der Waals surface area contributed by atoms with Crippen molar-refractivity contribution in [3.8, 4) is 0 Å². The smallest absolute Gasteiger partial charge is 0.306 e. The first-order chi connectivity index (χ1) is 14.9. The summed E-state index contributed by atoms with van der Waals surface area (Å²) in [6.45, 7) is 6.43. The maximum atomic E-state index is 17.3. The number of fused-ring (bicyclic) bond motifs is 5. The molecule has 4 rings (SSSR count). The molecule has 7 heteroatoms. The van der Waals surface area contributed by atoms with Gasteiger partial charge in [0.05, 0.1) is 6.10 Å². The molecule has 0 aliphatic heterocycles. The van der Waals surface area contributed by atoms with Crippen LogP contribution < -0.4 is 0 Å². The highest BCUT2D eigenvalue weighted by Gasteiger charge is 2.77. The van der Waals surface area contributed by atoms with E-state index in [9.17, 15) is 24.6 Å². The molecular formula is C25H37FO6. The van der Waals surface area contributed by atoms with Gasteiger partial charge in [-0.25, -0.2) is 4.39 Å². The summed E-state index contributed by atoms with van der Waals surface area (Å²) in [5.41, 5.74) is -5.24. The Kier molecular flexibility index (Phi) is 5.65. The number of Topliss-reactive ketones (excluding diaryl/α,β-unsaturated/α-hetero) is 2. The second kappa shape index (κ2) is 7.59. The van der Waals surface area contributed by atoms with Crippen molar-refractivity contribution in [3.63, 3.8) is 0 Å². The van der Waals surface area contributed by atoms with E-state index < -0.39 is 58.4 Å².